The van der Waals surface area contributed by atoms with Crippen LogP contribution in [0.5, 0.6) is 0 Å². The van der Waals surface area contributed by atoms with Gasteiger partial charge in [0.1, 0.15) is 11.6 Å². The van der Waals surface area contributed by atoms with E-state index in [1.165, 1.54) is 12.1 Å². The van der Waals surface area contributed by atoms with Crippen LogP contribution in [0.3, 0.4) is 0 Å². The molecule has 1 heterocycles. The van der Waals surface area contributed by atoms with Crippen molar-refractivity contribution in [1.82, 2.24) is 10.1 Å². The standard InChI is InChI=1S/C13H13FN2O2/c1-2-11(17)8-13-15-12(16-18-13)7-9-3-5-10(14)6-4-9/h3-6H,2,7-8H2,1H3. The van der Waals surface area contributed by atoms with Crippen LogP contribution in [0.2, 0.25) is 0 Å². The van der Waals surface area contributed by atoms with E-state index in [4.69, 9.17) is 4.52 Å². The molecule has 5 heteroatoms. The van der Waals surface area contributed by atoms with Crippen molar-refractivity contribution >= 4 is 5.78 Å². The van der Waals surface area contributed by atoms with Gasteiger partial charge in [0.2, 0.25) is 5.89 Å². The first kappa shape index (κ1) is 12.4. The number of rotatable bonds is 5. The van der Waals surface area contributed by atoms with E-state index in [0.29, 0.717) is 24.6 Å². The molecule has 0 saturated heterocycles. The lowest BCUT2D eigenvalue weighted by atomic mass is 10.1. The van der Waals surface area contributed by atoms with Gasteiger partial charge in [0, 0.05) is 12.8 Å². The van der Waals surface area contributed by atoms with Crippen molar-refractivity contribution in [2.24, 2.45) is 0 Å². The number of hydrogen-bond donors (Lipinski definition) is 0. The molecule has 0 N–H and O–H groups in total. The first-order chi connectivity index (χ1) is 8.67. The first-order valence-electron chi connectivity index (χ1n) is 5.75. The molecule has 2 aromatic rings. The Morgan fingerprint density at radius 1 is 1.33 bits per heavy atom. The van der Waals surface area contributed by atoms with Gasteiger partial charge in [0.15, 0.2) is 5.82 Å². The molecule has 18 heavy (non-hydrogen) atoms. The van der Waals surface area contributed by atoms with Gasteiger partial charge in [-0.2, -0.15) is 4.98 Å². The summed E-state index contributed by atoms with van der Waals surface area (Å²) in [5.74, 6) is 0.618. The van der Waals surface area contributed by atoms with E-state index in [2.05, 4.69) is 10.1 Å². The predicted octanol–water partition coefficient (Wildman–Crippen LogP) is 2.32. The van der Waals surface area contributed by atoms with Crippen molar-refractivity contribution in [3.05, 3.63) is 47.4 Å². The third kappa shape index (κ3) is 3.23. The fourth-order valence-electron chi connectivity index (χ4n) is 1.51. The van der Waals surface area contributed by atoms with E-state index in [1.54, 1.807) is 19.1 Å². The van der Waals surface area contributed by atoms with Gasteiger partial charge in [-0.15, -0.1) is 0 Å². The van der Waals surface area contributed by atoms with Gasteiger partial charge in [-0.3, -0.25) is 4.79 Å². The van der Waals surface area contributed by atoms with E-state index in [0.717, 1.165) is 5.56 Å². The lowest BCUT2D eigenvalue weighted by Crippen LogP contribution is -2.00. The molecule has 4 nitrogen and oxygen atoms in total. The average Bonchev–Trinajstić information content (AvgIpc) is 2.79. The zero-order chi connectivity index (χ0) is 13.0. The van der Waals surface area contributed by atoms with Crippen molar-refractivity contribution in [2.45, 2.75) is 26.2 Å². The monoisotopic (exact) mass is 248 g/mol. The molecule has 0 aliphatic carbocycles. The summed E-state index contributed by atoms with van der Waals surface area (Å²) in [6.45, 7) is 1.79. The molecule has 1 aromatic heterocycles. The van der Waals surface area contributed by atoms with Gasteiger partial charge < -0.3 is 4.52 Å². The Labute approximate surface area is 104 Å². The minimum Gasteiger partial charge on any atom is -0.339 e. The van der Waals surface area contributed by atoms with E-state index < -0.39 is 0 Å². The second kappa shape index (κ2) is 5.53. The number of nitrogens with zero attached hydrogens (tertiary/aromatic N) is 2. The SMILES string of the molecule is CCC(=O)Cc1nc(Cc2ccc(F)cc2)no1. The molecule has 0 atom stereocenters. The third-order valence-electron chi connectivity index (χ3n) is 2.53. The summed E-state index contributed by atoms with van der Waals surface area (Å²) < 4.78 is 17.7. The molecule has 0 fully saturated rings. The van der Waals surface area contributed by atoms with Crippen LogP contribution in [0, 0.1) is 5.82 Å². The van der Waals surface area contributed by atoms with Crippen molar-refractivity contribution in [3.63, 3.8) is 0 Å². The Hall–Kier alpha value is -2.04. The highest BCUT2D eigenvalue weighted by atomic mass is 19.1. The molecule has 0 amide bonds. The third-order valence-corrected chi connectivity index (χ3v) is 2.53. The normalized spacial score (nSPS) is 10.6. The van der Waals surface area contributed by atoms with Crippen LogP contribution in [0.1, 0.15) is 30.6 Å². The van der Waals surface area contributed by atoms with Crippen LogP contribution in [0.4, 0.5) is 4.39 Å². The number of halogens is 1. The van der Waals surface area contributed by atoms with Crippen LogP contribution >= 0.6 is 0 Å². The Balaban J connectivity index is 2.02. The predicted molar refractivity (Wildman–Crippen MR) is 62.5 cm³/mol. The highest BCUT2D eigenvalue weighted by Gasteiger charge is 2.10. The molecule has 0 aliphatic rings. The van der Waals surface area contributed by atoms with Crippen molar-refractivity contribution in [2.75, 3.05) is 0 Å². The molecular weight excluding hydrogens is 235 g/mol. The summed E-state index contributed by atoms with van der Waals surface area (Å²) in [5, 5.41) is 3.79. The maximum Gasteiger partial charge on any atom is 0.234 e. The Bertz CT molecular complexity index is 534. The minimum absolute atomic E-state index is 0.0620. The lowest BCUT2D eigenvalue weighted by molar-refractivity contribution is -0.118. The Kier molecular flexibility index (Phi) is 3.82. The largest absolute Gasteiger partial charge is 0.339 e. The fourth-order valence-corrected chi connectivity index (χ4v) is 1.51. The zero-order valence-corrected chi connectivity index (χ0v) is 10.0. The zero-order valence-electron chi connectivity index (χ0n) is 10.0. The average molecular weight is 248 g/mol. The van der Waals surface area contributed by atoms with Gasteiger partial charge in [-0.25, -0.2) is 4.39 Å². The number of hydrogen-bond acceptors (Lipinski definition) is 4. The maximum absolute atomic E-state index is 12.7. The van der Waals surface area contributed by atoms with E-state index >= 15 is 0 Å². The van der Waals surface area contributed by atoms with Crippen LogP contribution in [-0.2, 0) is 17.6 Å². The smallest absolute Gasteiger partial charge is 0.234 e. The van der Waals surface area contributed by atoms with Gasteiger partial charge in [0.25, 0.3) is 0 Å². The maximum atomic E-state index is 12.7. The molecule has 0 aliphatic heterocycles. The summed E-state index contributed by atoms with van der Waals surface area (Å²) in [5.41, 5.74) is 0.894. The highest BCUT2D eigenvalue weighted by molar-refractivity contribution is 5.79. The number of carbonyl (C=O) groups excluding carboxylic acids is 1. The highest BCUT2D eigenvalue weighted by Crippen LogP contribution is 2.09. The van der Waals surface area contributed by atoms with Crippen LogP contribution in [0.25, 0.3) is 0 Å². The van der Waals surface area contributed by atoms with Gasteiger partial charge in [-0.1, -0.05) is 24.2 Å². The second-order valence-corrected chi connectivity index (χ2v) is 3.98. The van der Waals surface area contributed by atoms with Crippen LogP contribution in [0.15, 0.2) is 28.8 Å². The van der Waals surface area contributed by atoms with Crippen molar-refractivity contribution in [3.8, 4) is 0 Å². The molecule has 0 unspecified atom stereocenters. The topological polar surface area (TPSA) is 56.0 Å². The minimum atomic E-state index is -0.277. The van der Waals surface area contributed by atoms with Crippen molar-refractivity contribution in [1.29, 1.82) is 0 Å². The molecule has 2 rings (SSSR count). The first-order valence-corrected chi connectivity index (χ1v) is 5.75. The van der Waals surface area contributed by atoms with E-state index in [9.17, 15) is 9.18 Å². The number of ketones is 1. The van der Waals surface area contributed by atoms with Gasteiger partial charge in [0.05, 0.1) is 6.42 Å². The Morgan fingerprint density at radius 2 is 2.06 bits per heavy atom. The summed E-state index contributed by atoms with van der Waals surface area (Å²) in [7, 11) is 0. The lowest BCUT2D eigenvalue weighted by Gasteiger charge is -1.95. The second-order valence-electron chi connectivity index (χ2n) is 3.98. The van der Waals surface area contributed by atoms with Gasteiger partial charge >= 0.3 is 0 Å². The molecule has 0 saturated carbocycles. The summed E-state index contributed by atoms with van der Waals surface area (Å²) in [6.07, 6.45) is 1.09. The van der Waals surface area contributed by atoms with E-state index in [-0.39, 0.29) is 18.0 Å². The van der Waals surface area contributed by atoms with Gasteiger partial charge in [-0.05, 0) is 17.7 Å². The van der Waals surface area contributed by atoms with Crippen LogP contribution in [-0.4, -0.2) is 15.9 Å². The number of carbonyl (C=O) groups is 1. The summed E-state index contributed by atoms with van der Waals surface area (Å²) in [4.78, 5) is 15.3. The number of Topliss-reactive ketones (excluding diaryl/α,β-unsaturated/α-hetero) is 1. The number of benzene rings is 1. The Morgan fingerprint density at radius 3 is 2.72 bits per heavy atom. The molecule has 94 valence electrons. The molecule has 0 bridgehead atoms. The molecule has 1 aromatic carbocycles. The van der Waals surface area contributed by atoms with Crippen LogP contribution < -0.4 is 0 Å². The quantitative estimate of drug-likeness (QED) is 0.814. The molecule has 0 radical (unpaired) electrons. The fraction of sp³-hybridized carbons (Fsp3) is 0.308. The molecule has 0 spiro atoms. The summed E-state index contributed by atoms with van der Waals surface area (Å²) in [6, 6.07) is 6.11. The van der Waals surface area contributed by atoms with E-state index in [1.807, 2.05) is 0 Å². The molecular formula is C13H13FN2O2. The summed E-state index contributed by atoms with van der Waals surface area (Å²) >= 11 is 0. The number of aromatic nitrogens is 2. The van der Waals surface area contributed by atoms with Crippen molar-refractivity contribution < 1.29 is 13.7 Å².